The van der Waals surface area contributed by atoms with Gasteiger partial charge in [-0.15, -0.1) is 11.3 Å². The second kappa shape index (κ2) is 9.38. The van der Waals surface area contributed by atoms with Crippen molar-refractivity contribution >= 4 is 22.2 Å². The highest BCUT2D eigenvalue weighted by Crippen LogP contribution is 2.14. The van der Waals surface area contributed by atoms with Gasteiger partial charge in [-0.2, -0.15) is 0 Å². The van der Waals surface area contributed by atoms with Gasteiger partial charge < -0.3 is 14.4 Å². The number of ether oxygens (including phenoxy) is 2. The Morgan fingerprint density at radius 2 is 2.03 bits per heavy atom. The van der Waals surface area contributed by atoms with Crippen LogP contribution >= 0.6 is 11.3 Å². The van der Waals surface area contributed by atoms with Crippen LogP contribution in [-0.4, -0.2) is 65.0 Å². The molecule has 3 heterocycles. The number of carbonyl (C=O) groups is 1. The molecule has 1 saturated heterocycles. The highest BCUT2D eigenvalue weighted by molar-refractivity contribution is 7.15. The first-order chi connectivity index (χ1) is 14.6. The van der Waals surface area contributed by atoms with Crippen LogP contribution in [0.2, 0.25) is 0 Å². The molecule has 4 rings (SSSR count). The van der Waals surface area contributed by atoms with E-state index >= 15 is 0 Å². The summed E-state index contributed by atoms with van der Waals surface area (Å²) in [6.45, 7) is 3.81. The summed E-state index contributed by atoms with van der Waals surface area (Å²) in [5.41, 5.74) is 1.68. The van der Waals surface area contributed by atoms with Crippen LogP contribution in [0, 0.1) is 0 Å². The molecule has 8 nitrogen and oxygen atoms in total. The molecule has 1 aliphatic heterocycles. The lowest BCUT2D eigenvalue weighted by Crippen LogP contribution is -2.49. The van der Waals surface area contributed by atoms with E-state index < -0.39 is 0 Å². The molecule has 3 aromatic rings. The SMILES string of the molecule is COc1cccc(COCC(=O)N2CCN(Cc3cc(=O)n4ccsc4n3)CC2)c1. The van der Waals surface area contributed by atoms with Gasteiger partial charge in [-0.1, -0.05) is 12.1 Å². The van der Waals surface area contributed by atoms with Gasteiger partial charge in [0.1, 0.15) is 12.4 Å². The molecule has 1 aliphatic rings. The number of methoxy groups -OCH3 is 1. The molecule has 0 N–H and O–H groups in total. The van der Waals surface area contributed by atoms with E-state index in [4.69, 9.17) is 9.47 Å². The molecule has 0 radical (unpaired) electrons. The molecule has 0 saturated carbocycles. The fraction of sp³-hybridized carbons (Fsp3) is 0.381. The molecule has 2 aromatic heterocycles. The van der Waals surface area contributed by atoms with E-state index in [-0.39, 0.29) is 18.1 Å². The van der Waals surface area contributed by atoms with Crippen LogP contribution < -0.4 is 10.3 Å². The maximum absolute atomic E-state index is 12.4. The minimum Gasteiger partial charge on any atom is -0.497 e. The summed E-state index contributed by atoms with van der Waals surface area (Å²) in [5, 5.41) is 1.86. The van der Waals surface area contributed by atoms with Crippen LogP contribution in [0.5, 0.6) is 5.75 Å². The molecule has 1 fully saturated rings. The lowest BCUT2D eigenvalue weighted by Gasteiger charge is -2.34. The molecule has 0 atom stereocenters. The molecule has 0 spiro atoms. The van der Waals surface area contributed by atoms with Gasteiger partial charge in [0.2, 0.25) is 5.91 Å². The standard InChI is InChI=1S/C21H24N4O4S/c1-28-18-4-2-3-16(11-18)14-29-15-20(27)24-7-5-23(6-8-24)13-17-12-19(26)25-9-10-30-21(25)22-17/h2-4,9-12H,5-8,13-15H2,1H3. The molecular formula is C21H24N4O4S. The van der Waals surface area contributed by atoms with Gasteiger partial charge in [-0.3, -0.25) is 18.9 Å². The molecule has 9 heteroatoms. The summed E-state index contributed by atoms with van der Waals surface area (Å²) in [6.07, 6.45) is 1.74. The molecule has 158 valence electrons. The molecule has 1 amide bonds. The van der Waals surface area contributed by atoms with Crippen molar-refractivity contribution in [1.82, 2.24) is 19.2 Å². The van der Waals surface area contributed by atoms with E-state index in [1.807, 2.05) is 34.5 Å². The Morgan fingerprint density at radius 3 is 2.83 bits per heavy atom. The lowest BCUT2D eigenvalue weighted by molar-refractivity contribution is -0.138. The summed E-state index contributed by atoms with van der Waals surface area (Å²) in [5.74, 6) is 0.767. The average Bonchev–Trinajstić information content (AvgIpc) is 3.24. The van der Waals surface area contributed by atoms with Crippen molar-refractivity contribution < 1.29 is 14.3 Å². The topological polar surface area (TPSA) is 76.4 Å². The Bertz CT molecular complexity index is 1070. The van der Waals surface area contributed by atoms with E-state index in [2.05, 4.69) is 9.88 Å². The van der Waals surface area contributed by atoms with Crippen LogP contribution in [0.1, 0.15) is 11.3 Å². The number of hydrogen-bond acceptors (Lipinski definition) is 7. The summed E-state index contributed by atoms with van der Waals surface area (Å²) in [7, 11) is 1.62. The van der Waals surface area contributed by atoms with Crippen LogP contribution in [0.15, 0.2) is 46.7 Å². The largest absolute Gasteiger partial charge is 0.497 e. The van der Waals surface area contributed by atoms with Gasteiger partial charge in [0.05, 0.1) is 19.4 Å². The number of amides is 1. The van der Waals surface area contributed by atoms with Crippen LogP contribution in [0.3, 0.4) is 0 Å². The van der Waals surface area contributed by atoms with Crippen molar-refractivity contribution in [3.63, 3.8) is 0 Å². The fourth-order valence-electron chi connectivity index (χ4n) is 3.46. The maximum Gasteiger partial charge on any atom is 0.258 e. The zero-order chi connectivity index (χ0) is 20.9. The van der Waals surface area contributed by atoms with E-state index in [0.717, 1.165) is 30.1 Å². The Labute approximate surface area is 178 Å². The number of aromatic nitrogens is 2. The second-order valence-corrected chi connectivity index (χ2v) is 8.02. The third-order valence-electron chi connectivity index (χ3n) is 5.10. The molecule has 0 unspecified atom stereocenters. The number of piperazine rings is 1. The zero-order valence-electron chi connectivity index (χ0n) is 16.8. The third kappa shape index (κ3) is 4.86. The monoisotopic (exact) mass is 428 g/mol. The van der Waals surface area contributed by atoms with Gasteiger partial charge in [-0.05, 0) is 17.7 Å². The number of thiazole rings is 1. The summed E-state index contributed by atoms with van der Waals surface area (Å²) in [4.78, 5) is 33.9. The second-order valence-electron chi connectivity index (χ2n) is 7.14. The maximum atomic E-state index is 12.4. The normalized spacial score (nSPS) is 14.9. The quantitative estimate of drug-likeness (QED) is 0.569. The summed E-state index contributed by atoms with van der Waals surface area (Å²) < 4.78 is 12.3. The number of carbonyl (C=O) groups excluding carboxylic acids is 1. The first kappa shape index (κ1) is 20.5. The van der Waals surface area contributed by atoms with Crippen LogP contribution in [0.4, 0.5) is 0 Å². The van der Waals surface area contributed by atoms with E-state index in [9.17, 15) is 9.59 Å². The van der Waals surface area contributed by atoms with Crippen molar-refractivity contribution in [2.75, 3.05) is 39.9 Å². The van der Waals surface area contributed by atoms with Gasteiger partial charge in [0.15, 0.2) is 4.96 Å². The minimum atomic E-state index is -0.0572. The fourth-order valence-corrected chi connectivity index (χ4v) is 4.20. The molecular weight excluding hydrogens is 404 g/mol. The first-order valence-corrected chi connectivity index (χ1v) is 10.7. The minimum absolute atomic E-state index is 0.00563. The number of fused-ring (bicyclic) bond motifs is 1. The molecule has 0 aliphatic carbocycles. The van der Waals surface area contributed by atoms with Crippen LogP contribution in [0.25, 0.3) is 4.96 Å². The first-order valence-electron chi connectivity index (χ1n) is 9.79. The van der Waals surface area contributed by atoms with Gasteiger partial charge in [0.25, 0.3) is 5.56 Å². The number of rotatable bonds is 7. The Morgan fingerprint density at radius 1 is 1.20 bits per heavy atom. The smallest absolute Gasteiger partial charge is 0.258 e. The number of benzene rings is 1. The Hall–Kier alpha value is -2.75. The highest BCUT2D eigenvalue weighted by Gasteiger charge is 2.21. The van der Waals surface area contributed by atoms with Gasteiger partial charge in [0, 0.05) is 50.4 Å². The summed E-state index contributed by atoms with van der Waals surface area (Å²) in [6, 6.07) is 9.20. The third-order valence-corrected chi connectivity index (χ3v) is 5.85. The Balaban J connectivity index is 1.23. The molecule has 30 heavy (non-hydrogen) atoms. The highest BCUT2D eigenvalue weighted by atomic mass is 32.1. The van der Waals surface area contributed by atoms with Crippen molar-refractivity contribution in [2.24, 2.45) is 0 Å². The van der Waals surface area contributed by atoms with Crippen molar-refractivity contribution in [2.45, 2.75) is 13.2 Å². The van der Waals surface area contributed by atoms with Crippen molar-refractivity contribution in [3.05, 3.63) is 63.5 Å². The molecule has 0 bridgehead atoms. The average molecular weight is 429 g/mol. The van der Waals surface area contributed by atoms with E-state index in [1.54, 1.807) is 23.8 Å². The van der Waals surface area contributed by atoms with Gasteiger partial charge >= 0.3 is 0 Å². The predicted octanol–water partition coefficient (Wildman–Crippen LogP) is 1.63. The van der Waals surface area contributed by atoms with Crippen LogP contribution in [-0.2, 0) is 22.7 Å². The van der Waals surface area contributed by atoms with Crippen molar-refractivity contribution in [1.29, 1.82) is 0 Å². The number of hydrogen-bond donors (Lipinski definition) is 0. The van der Waals surface area contributed by atoms with Gasteiger partial charge in [-0.25, -0.2) is 4.98 Å². The molecule has 1 aromatic carbocycles. The van der Waals surface area contributed by atoms with E-state index in [1.165, 1.54) is 11.3 Å². The van der Waals surface area contributed by atoms with E-state index in [0.29, 0.717) is 31.2 Å². The predicted molar refractivity (Wildman–Crippen MR) is 114 cm³/mol. The zero-order valence-corrected chi connectivity index (χ0v) is 17.6. The van der Waals surface area contributed by atoms with Crippen molar-refractivity contribution in [3.8, 4) is 5.75 Å². The number of nitrogens with zero attached hydrogens (tertiary/aromatic N) is 4. The lowest BCUT2D eigenvalue weighted by atomic mass is 10.2. The Kier molecular flexibility index (Phi) is 6.41. The summed E-state index contributed by atoms with van der Waals surface area (Å²) >= 11 is 1.45.